The minimum absolute atomic E-state index is 0.0134. The smallest absolute Gasteiger partial charge is 0.309 e. The van der Waals surface area contributed by atoms with Gasteiger partial charge in [0.05, 0.1) is 12.0 Å². The molecule has 0 spiro atoms. The molecule has 152 valence electrons. The number of carbonyl (C=O) groups excluding carboxylic acids is 1. The summed E-state index contributed by atoms with van der Waals surface area (Å²) >= 11 is 0. The van der Waals surface area contributed by atoms with Gasteiger partial charge in [-0.05, 0) is 37.7 Å². The molecule has 0 heterocycles. The van der Waals surface area contributed by atoms with Crippen molar-refractivity contribution < 1.29 is 9.53 Å². The Morgan fingerprint density at radius 2 is 1.48 bits per heavy atom. The summed E-state index contributed by atoms with van der Waals surface area (Å²) in [5, 5.41) is 0. The van der Waals surface area contributed by atoms with Crippen LogP contribution in [0.1, 0.15) is 109 Å². The quantitative estimate of drug-likeness (QED) is 0.236. The average Bonchev–Trinajstić information content (AvgIpc) is 3.48. The van der Waals surface area contributed by atoms with Crippen molar-refractivity contribution in [1.82, 2.24) is 0 Å². The predicted octanol–water partition coefficient (Wildman–Crippen LogP) is 7.42. The van der Waals surface area contributed by atoms with Crippen molar-refractivity contribution in [2.75, 3.05) is 0 Å². The van der Waals surface area contributed by atoms with Gasteiger partial charge in [-0.25, -0.2) is 0 Å². The summed E-state index contributed by atoms with van der Waals surface area (Å²) < 4.78 is 5.68. The van der Waals surface area contributed by atoms with Gasteiger partial charge in [0, 0.05) is 0 Å². The van der Waals surface area contributed by atoms with Crippen molar-refractivity contribution in [1.29, 1.82) is 0 Å². The Morgan fingerprint density at radius 3 is 2.07 bits per heavy atom. The normalized spacial score (nSPS) is 19.6. The molecule has 0 N–H and O–H groups in total. The first kappa shape index (κ1) is 22.0. The first-order valence-electron chi connectivity index (χ1n) is 11.5. The number of benzene rings is 1. The molecule has 0 aromatic heterocycles. The maximum Gasteiger partial charge on any atom is 0.309 e. The van der Waals surface area contributed by atoms with E-state index in [1.807, 2.05) is 25.1 Å². The van der Waals surface area contributed by atoms with Crippen molar-refractivity contribution in [3.8, 4) is 0 Å². The number of unbranched alkanes of at least 4 members (excludes halogenated alkanes) is 10. The van der Waals surface area contributed by atoms with Crippen LogP contribution in [0.25, 0.3) is 0 Å². The third kappa shape index (κ3) is 8.95. The molecule has 27 heavy (non-hydrogen) atoms. The van der Waals surface area contributed by atoms with Gasteiger partial charge in [0.25, 0.3) is 0 Å². The Morgan fingerprint density at radius 1 is 0.926 bits per heavy atom. The number of hydrogen-bond acceptors (Lipinski definition) is 2. The zero-order valence-corrected chi connectivity index (χ0v) is 17.6. The van der Waals surface area contributed by atoms with Gasteiger partial charge in [-0.3, -0.25) is 4.79 Å². The molecule has 0 saturated heterocycles. The predicted molar refractivity (Wildman–Crippen MR) is 114 cm³/mol. The van der Waals surface area contributed by atoms with Crippen molar-refractivity contribution in [2.24, 2.45) is 5.92 Å². The van der Waals surface area contributed by atoms with Crippen molar-refractivity contribution in [3.63, 3.8) is 0 Å². The van der Waals surface area contributed by atoms with E-state index in [2.05, 4.69) is 19.1 Å². The minimum Gasteiger partial charge on any atom is -0.462 e. The molecular formula is C25H40O2. The highest BCUT2D eigenvalue weighted by Crippen LogP contribution is 2.48. The fourth-order valence-electron chi connectivity index (χ4n) is 3.96. The fraction of sp³-hybridized carbons (Fsp3) is 0.720. The molecule has 0 bridgehead atoms. The van der Waals surface area contributed by atoms with E-state index in [0.717, 1.165) is 12.8 Å². The van der Waals surface area contributed by atoms with Gasteiger partial charge in [-0.15, -0.1) is 0 Å². The van der Waals surface area contributed by atoms with Crippen LogP contribution < -0.4 is 0 Å². The molecule has 0 aliphatic heterocycles. The topological polar surface area (TPSA) is 26.3 Å². The second-order valence-corrected chi connectivity index (χ2v) is 8.43. The summed E-state index contributed by atoms with van der Waals surface area (Å²) in [6.45, 7) is 4.32. The number of rotatable bonds is 15. The van der Waals surface area contributed by atoms with Crippen LogP contribution in [0, 0.1) is 5.92 Å². The van der Waals surface area contributed by atoms with Crippen LogP contribution >= 0.6 is 0 Å². The van der Waals surface area contributed by atoms with Gasteiger partial charge in [0.15, 0.2) is 0 Å². The van der Waals surface area contributed by atoms with Crippen LogP contribution in [0.3, 0.4) is 0 Å². The highest BCUT2D eigenvalue weighted by molar-refractivity contribution is 5.77. The Bertz CT molecular complexity index is 510. The molecule has 0 amide bonds. The summed E-state index contributed by atoms with van der Waals surface area (Å²) in [5.74, 6) is 0.486. The number of carbonyl (C=O) groups is 1. The van der Waals surface area contributed by atoms with Crippen LogP contribution in [0.2, 0.25) is 0 Å². The van der Waals surface area contributed by atoms with Gasteiger partial charge < -0.3 is 4.74 Å². The van der Waals surface area contributed by atoms with Crippen LogP contribution in [-0.2, 0) is 9.53 Å². The zero-order chi connectivity index (χ0) is 19.3. The molecular weight excluding hydrogens is 332 g/mol. The van der Waals surface area contributed by atoms with Gasteiger partial charge >= 0.3 is 5.97 Å². The molecule has 1 aromatic carbocycles. The van der Waals surface area contributed by atoms with Crippen LogP contribution in [0.5, 0.6) is 0 Å². The highest BCUT2D eigenvalue weighted by Gasteiger charge is 2.45. The first-order chi connectivity index (χ1) is 13.2. The Labute approximate surface area is 167 Å². The van der Waals surface area contributed by atoms with E-state index < -0.39 is 0 Å². The van der Waals surface area contributed by atoms with E-state index in [4.69, 9.17) is 4.74 Å². The molecule has 3 unspecified atom stereocenters. The molecule has 3 atom stereocenters. The maximum atomic E-state index is 12.3. The highest BCUT2D eigenvalue weighted by atomic mass is 16.5. The van der Waals surface area contributed by atoms with Gasteiger partial charge in [0.2, 0.25) is 0 Å². The Kier molecular flexibility index (Phi) is 10.6. The van der Waals surface area contributed by atoms with Gasteiger partial charge in [-0.2, -0.15) is 0 Å². The van der Waals surface area contributed by atoms with Gasteiger partial charge in [-0.1, -0.05) is 101 Å². The monoisotopic (exact) mass is 372 g/mol. The third-order valence-electron chi connectivity index (χ3n) is 5.85. The number of esters is 1. The fourth-order valence-corrected chi connectivity index (χ4v) is 3.96. The number of ether oxygens (including phenoxy) is 1. The minimum atomic E-state index is 0.0134. The maximum absolute atomic E-state index is 12.3. The van der Waals surface area contributed by atoms with E-state index in [9.17, 15) is 4.79 Å². The van der Waals surface area contributed by atoms with Crippen LogP contribution in [0.15, 0.2) is 30.3 Å². The summed E-state index contributed by atoms with van der Waals surface area (Å²) in [6.07, 6.45) is 16.9. The second kappa shape index (κ2) is 13.0. The van der Waals surface area contributed by atoms with Crippen molar-refractivity contribution in [3.05, 3.63) is 35.9 Å². The van der Waals surface area contributed by atoms with Crippen LogP contribution in [-0.4, -0.2) is 12.1 Å². The largest absolute Gasteiger partial charge is 0.462 e. The molecule has 1 saturated carbocycles. The molecule has 1 aliphatic carbocycles. The van der Waals surface area contributed by atoms with Gasteiger partial charge in [0.1, 0.15) is 0 Å². The summed E-state index contributed by atoms with van der Waals surface area (Å²) in [6, 6.07) is 10.4. The SMILES string of the molecule is CCCCCCCCCCCCCC(C)OC(=O)C1CC1c1ccccc1. The molecule has 0 radical (unpaired) electrons. The molecule has 1 aliphatic rings. The Hall–Kier alpha value is -1.31. The summed E-state index contributed by atoms with van der Waals surface area (Å²) in [7, 11) is 0. The van der Waals surface area contributed by atoms with Crippen molar-refractivity contribution >= 4 is 5.97 Å². The lowest BCUT2D eigenvalue weighted by Crippen LogP contribution is -2.16. The van der Waals surface area contributed by atoms with E-state index in [1.54, 1.807) is 0 Å². The summed E-state index contributed by atoms with van der Waals surface area (Å²) in [5.41, 5.74) is 1.28. The molecule has 2 nitrogen and oxygen atoms in total. The van der Waals surface area contributed by atoms with E-state index >= 15 is 0 Å². The van der Waals surface area contributed by atoms with Crippen molar-refractivity contribution in [2.45, 2.75) is 109 Å². The Balaban J connectivity index is 1.43. The standard InChI is InChI=1S/C25H40O2/c1-3-4-5-6-7-8-9-10-11-12-14-17-21(2)27-25(26)24-20-23(24)22-18-15-13-16-19-22/h13,15-16,18-19,21,23-24H,3-12,14,17,20H2,1-2H3. The summed E-state index contributed by atoms with van der Waals surface area (Å²) in [4.78, 5) is 12.3. The second-order valence-electron chi connectivity index (χ2n) is 8.43. The van der Waals surface area contributed by atoms with E-state index in [-0.39, 0.29) is 18.0 Å². The van der Waals surface area contributed by atoms with E-state index in [0.29, 0.717) is 5.92 Å². The lowest BCUT2D eigenvalue weighted by atomic mass is 10.0. The lowest BCUT2D eigenvalue weighted by molar-refractivity contribution is -0.150. The average molecular weight is 373 g/mol. The third-order valence-corrected chi connectivity index (χ3v) is 5.85. The lowest BCUT2D eigenvalue weighted by Gasteiger charge is -2.13. The molecule has 1 fully saturated rings. The zero-order valence-electron chi connectivity index (χ0n) is 17.6. The first-order valence-corrected chi connectivity index (χ1v) is 11.5. The van der Waals surface area contributed by atoms with E-state index in [1.165, 1.54) is 76.2 Å². The number of hydrogen-bond donors (Lipinski definition) is 0. The van der Waals surface area contributed by atoms with Crippen LogP contribution in [0.4, 0.5) is 0 Å². The molecule has 2 rings (SSSR count). The molecule has 1 aromatic rings. The molecule has 2 heteroatoms.